The number of halogens is 4. The summed E-state index contributed by atoms with van der Waals surface area (Å²) in [5, 5.41) is 8.21. The zero-order valence-corrected chi connectivity index (χ0v) is 20.8. The van der Waals surface area contributed by atoms with Gasteiger partial charge in [0.1, 0.15) is 5.69 Å². The molecule has 7 nitrogen and oxygen atoms in total. The first kappa shape index (κ1) is 25.7. The molecule has 11 heteroatoms. The number of amides is 1. The summed E-state index contributed by atoms with van der Waals surface area (Å²) in [6, 6.07) is 9.06. The number of rotatable bonds is 5. The van der Waals surface area contributed by atoms with Crippen LogP contribution in [0.5, 0.6) is 0 Å². The number of morpholine rings is 1. The van der Waals surface area contributed by atoms with Gasteiger partial charge in [0.15, 0.2) is 0 Å². The van der Waals surface area contributed by atoms with Gasteiger partial charge in [0.2, 0.25) is 0 Å². The van der Waals surface area contributed by atoms with E-state index in [1.165, 1.54) is 12.1 Å². The number of nitrogens with one attached hydrogen (secondary N) is 1. The van der Waals surface area contributed by atoms with Gasteiger partial charge < -0.3 is 10.1 Å². The molecule has 0 spiro atoms. The molecule has 1 amide bonds. The molecular weight excluding hydrogens is 507 g/mol. The van der Waals surface area contributed by atoms with Gasteiger partial charge in [0, 0.05) is 59.2 Å². The zero-order valence-electron chi connectivity index (χ0n) is 20.0. The summed E-state index contributed by atoms with van der Waals surface area (Å²) in [6.07, 6.45) is 1.46. The van der Waals surface area contributed by atoms with E-state index in [1.807, 2.05) is 5.01 Å². The Hall–Kier alpha value is -2.95. The maximum absolute atomic E-state index is 13.5. The first-order chi connectivity index (χ1) is 17.8. The van der Waals surface area contributed by atoms with Crippen LogP contribution in [0, 0.1) is 0 Å². The number of carbonyl (C=O) groups is 1. The number of aromatic nitrogens is 2. The fourth-order valence-electron chi connectivity index (χ4n) is 5.07. The number of alkyl halides is 3. The Kier molecular flexibility index (Phi) is 7.50. The molecule has 0 radical (unpaired) electrons. The maximum Gasteiger partial charge on any atom is 0.433 e. The molecule has 1 saturated carbocycles. The second-order valence-electron chi connectivity index (χ2n) is 9.32. The Morgan fingerprint density at radius 3 is 2.43 bits per heavy atom. The lowest BCUT2D eigenvalue weighted by atomic mass is 9.90. The van der Waals surface area contributed by atoms with Crippen LogP contribution < -0.4 is 5.32 Å². The van der Waals surface area contributed by atoms with Crippen LogP contribution in [0.2, 0.25) is 5.02 Å². The SMILES string of the molecule is O=C(c1ccncc1)N(C1CCC(Nc2cc(C(F)(F)F)nc3ccc(Cl)cc23)CC1)N1CCOCC1. The number of hydrazine groups is 1. The van der Waals surface area contributed by atoms with Gasteiger partial charge in [-0.25, -0.2) is 9.99 Å². The van der Waals surface area contributed by atoms with E-state index in [0.29, 0.717) is 73.6 Å². The summed E-state index contributed by atoms with van der Waals surface area (Å²) < 4.78 is 46.0. The smallest absolute Gasteiger partial charge is 0.382 e. The lowest BCUT2D eigenvalue weighted by Gasteiger charge is -2.44. The highest BCUT2D eigenvalue weighted by Crippen LogP contribution is 2.36. The van der Waals surface area contributed by atoms with E-state index < -0.39 is 11.9 Å². The number of carbonyl (C=O) groups excluding carboxylic acids is 1. The fraction of sp³-hybridized carbons (Fsp3) is 0.423. The maximum atomic E-state index is 13.5. The van der Waals surface area contributed by atoms with Crippen LogP contribution in [0.25, 0.3) is 10.9 Å². The average Bonchev–Trinajstić information content (AvgIpc) is 2.90. The molecule has 196 valence electrons. The lowest BCUT2D eigenvalue weighted by molar-refractivity contribution is -0.140. The first-order valence-electron chi connectivity index (χ1n) is 12.3. The minimum absolute atomic E-state index is 0.0221. The molecule has 3 aromatic rings. The van der Waals surface area contributed by atoms with Crippen molar-refractivity contribution in [3.8, 4) is 0 Å². The highest BCUT2D eigenvalue weighted by molar-refractivity contribution is 6.31. The lowest BCUT2D eigenvalue weighted by Crippen LogP contribution is -2.56. The normalized spacial score (nSPS) is 21.1. The molecule has 1 N–H and O–H groups in total. The monoisotopic (exact) mass is 533 g/mol. The summed E-state index contributed by atoms with van der Waals surface area (Å²) in [6.45, 7) is 2.35. The van der Waals surface area contributed by atoms with Crippen molar-refractivity contribution in [2.75, 3.05) is 31.6 Å². The van der Waals surface area contributed by atoms with Crippen molar-refractivity contribution in [1.82, 2.24) is 20.0 Å². The molecule has 0 bridgehead atoms. The topological polar surface area (TPSA) is 70.6 Å². The van der Waals surface area contributed by atoms with Crippen LogP contribution in [-0.4, -0.2) is 64.3 Å². The van der Waals surface area contributed by atoms with Gasteiger partial charge in [-0.05, 0) is 62.1 Å². The van der Waals surface area contributed by atoms with Crippen LogP contribution >= 0.6 is 11.6 Å². The molecule has 5 rings (SSSR count). The molecule has 1 aromatic carbocycles. The predicted molar refractivity (Wildman–Crippen MR) is 134 cm³/mol. The Morgan fingerprint density at radius 1 is 1.05 bits per heavy atom. The summed E-state index contributed by atoms with van der Waals surface area (Å²) >= 11 is 6.14. The van der Waals surface area contributed by atoms with Gasteiger partial charge in [-0.2, -0.15) is 13.2 Å². The molecule has 1 aliphatic carbocycles. The molecule has 1 aliphatic heterocycles. The first-order valence-corrected chi connectivity index (χ1v) is 12.7. The zero-order chi connectivity index (χ0) is 26.0. The number of nitrogens with zero attached hydrogens (tertiary/aromatic N) is 4. The summed E-state index contributed by atoms with van der Waals surface area (Å²) in [5.41, 5.74) is 0.222. The van der Waals surface area contributed by atoms with Crippen molar-refractivity contribution in [1.29, 1.82) is 0 Å². The van der Waals surface area contributed by atoms with Crippen molar-refractivity contribution >= 4 is 34.1 Å². The van der Waals surface area contributed by atoms with Crippen molar-refractivity contribution in [2.24, 2.45) is 0 Å². The number of fused-ring (bicyclic) bond motifs is 1. The summed E-state index contributed by atoms with van der Waals surface area (Å²) in [5.74, 6) is -0.0784. The molecule has 2 aliphatic rings. The molecule has 1 saturated heterocycles. The second-order valence-corrected chi connectivity index (χ2v) is 9.75. The fourth-order valence-corrected chi connectivity index (χ4v) is 5.24. The van der Waals surface area contributed by atoms with Gasteiger partial charge >= 0.3 is 6.18 Å². The molecule has 0 unspecified atom stereocenters. The van der Waals surface area contributed by atoms with Crippen molar-refractivity contribution in [2.45, 2.75) is 43.9 Å². The number of ether oxygens (including phenoxy) is 1. The van der Waals surface area contributed by atoms with Crippen LogP contribution in [0.3, 0.4) is 0 Å². The Morgan fingerprint density at radius 2 is 1.76 bits per heavy atom. The van der Waals surface area contributed by atoms with E-state index in [9.17, 15) is 18.0 Å². The summed E-state index contributed by atoms with van der Waals surface area (Å²) in [7, 11) is 0. The van der Waals surface area contributed by atoms with E-state index in [1.54, 1.807) is 30.6 Å². The quantitative estimate of drug-likeness (QED) is 0.472. The number of hydrogen-bond donors (Lipinski definition) is 1. The van der Waals surface area contributed by atoms with Gasteiger partial charge in [-0.3, -0.25) is 14.8 Å². The van der Waals surface area contributed by atoms with Crippen molar-refractivity contribution < 1.29 is 22.7 Å². The Balaban J connectivity index is 1.34. The van der Waals surface area contributed by atoms with E-state index in [2.05, 4.69) is 20.3 Å². The average molecular weight is 534 g/mol. The van der Waals surface area contributed by atoms with E-state index in [0.717, 1.165) is 6.07 Å². The minimum Gasteiger partial charge on any atom is -0.382 e. The van der Waals surface area contributed by atoms with Gasteiger partial charge in [-0.1, -0.05) is 11.6 Å². The number of anilines is 1. The van der Waals surface area contributed by atoms with Crippen LogP contribution in [0.1, 0.15) is 41.7 Å². The molecular formula is C26H27ClF3N5O2. The van der Waals surface area contributed by atoms with E-state index in [4.69, 9.17) is 16.3 Å². The minimum atomic E-state index is -4.56. The third-order valence-electron chi connectivity index (χ3n) is 6.89. The molecule has 2 fully saturated rings. The van der Waals surface area contributed by atoms with Crippen LogP contribution in [0.15, 0.2) is 48.8 Å². The van der Waals surface area contributed by atoms with Gasteiger partial charge in [0.25, 0.3) is 5.91 Å². The van der Waals surface area contributed by atoms with Crippen molar-refractivity contribution in [3.63, 3.8) is 0 Å². The molecule has 3 heterocycles. The van der Waals surface area contributed by atoms with Gasteiger partial charge in [0.05, 0.1) is 18.7 Å². The molecule has 0 atom stereocenters. The standard InChI is InChI=1S/C26H27ClF3N5O2/c27-18-1-6-22-21(15-18)23(16-24(33-22)26(28,29)30)32-19-2-4-20(5-3-19)35(34-11-13-37-14-12-34)25(36)17-7-9-31-10-8-17/h1,6-10,15-16,19-20H,2-5,11-14H2,(H,32,33). The highest BCUT2D eigenvalue weighted by atomic mass is 35.5. The highest BCUT2D eigenvalue weighted by Gasteiger charge is 2.36. The predicted octanol–water partition coefficient (Wildman–Crippen LogP) is 5.41. The van der Waals surface area contributed by atoms with E-state index >= 15 is 0 Å². The largest absolute Gasteiger partial charge is 0.433 e. The van der Waals surface area contributed by atoms with Crippen molar-refractivity contribution in [3.05, 3.63) is 65.1 Å². The van der Waals surface area contributed by atoms with Crippen LogP contribution in [0.4, 0.5) is 18.9 Å². The molecule has 37 heavy (non-hydrogen) atoms. The Labute approximate surface area is 217 Å². The third kappa shape index (κ3) is 5.81. The molecule has 2 aromatic heterocycles. The number of hydrogen-bond acceptors (Lipinski definition) is 6. The third-order valence-corrected chi connectivity index (χ3v) is 7.13. The second kappa shape index (κ2) is 10.8. The Bertz CT molecular complexity index is 1250. The summed E-state index contributed by atoms with van der Waals surface area (Å²) in [4.78, 5) is 21.3. The van der Waals surface area contributed by atoms with Gasteiger partial charge in [-0.15, -0.1) is 0 Å². The number of pyridine rings is 2. The van der Waals surface area contributed by atoms with Crippen LogP contribution in [-0.2, 0) is 10.9 Å². The number of benzene rings is 1. The van der Waals surface area contributed by atoms with E-state index in [-0.39, 0.29) is 23.5 Å².